The quantitative estimate of drug-likeness (QED) is 0.662. The highest BCUT2D eigenvalue weighted by atomic mass is 16.5. The molecule has 0 fully saturated rings. The first kappa shape index (κ1) is 16.7. The van der Waals surface area contributed by atoms with Gasteiger partial charge in [-0.3, -0.25) is 0 Å². The highest BCUT2D eigenvalue weighted by molar-refractivity contribution is 5.92. The lowest BCUT2D eigenvalue weighted by molar-refractivity contribution is -0.139. The molecule has 1 aromatic rings. The second-order valence-corrected chi connectivity index (χ2v) is 4.09. The second kappa shape index (κ2) is 8.75. The first-order chi connectivity index (χ1) is 10.1. The zero-order valence-corrected chi connectivity index (χ0v) is 12.0. The number of nitrogens with zero attached hydrogens (tertiary/aromatic N) is 1. The molecule has 0 bridgehead atoms. The molecule has 1 atom stereocenters. The van der Waals surface area contributed by atoms with Crippen molar-refractivity contribution in [2.24, 2.45) is 0 Å². The number of anilines is 1. The van der Waals surface area contributed by atoms with Crippen molar-refractivity contribution in [2.45, 2.75) is 19.4 Å². The van der Waals surface area contributed by atoms with Crippen LogP contribution in [0.3, 0.4) is 0 Å². The number of methoxy groups -OCH3 is 1. The smallest absolute Gasteiger partial charge is 0.326 e. The number of ether oxygens (including phenoxy) is 2. The van der Waals surface area contributed by atoms with E-state index in [1.165, 1.54) is 13.3 Å². The molecule has 1 rings (SSSR count). The molecule has 0 aliphatic rings. The van der Waals surface area contributed by atoms with Gasteiger partial charge in [-0.15, -0.1) is 0 Å². The van der Waals surface area contributed by atoms with Crippen LogP contribution in [-0.2, 0) is 9.53 Å². The molecule has 0 radical (unpaired) electrons. The molecule has 1 heterocycles. The number of hydrogen-bond donors (Lipinski definition) is 3. The summed E-state index contributed by atoms with van der Waals surface area (Å²) in [4.78, 5) is 26.7. The molecule has 0 saturated heterocycles. The third-order valence-electron chi connectivity index (χ3n) is 2.50. The van der Waals surface area contributed by atoms with Gasteiger partial charge in [-0.1, -0.05) is 0 Å². The lowest BCUT2D eigenvalue weighted by atomic mass is 10.2. The van der Waals surface area contributed by atoms with Crippen LogP contribution in [0.15, 0.2) is 18.3 Å². The van der Waals surface area contributed by atoms with E-state index in [1.54, 1.807) is 12.1 Å². The highest BCUT2D eigenvalue weighted by Crippen LogP contribution is 2.11. The fourth-order valence-electron chi connectivity index (χ4n) is 1.51. The number of carboxylic acids is 1. The lowest BCUT2D eigenvalue weighted by Gasteiger charge is -2.14. The van der Waals surface area contributed by atoms with E-state index in [9.17, 15) is 9.59 Å². The maximum absolute atomic E-state index is 11.7. The summed E-state index contributed by atoms with van der Waals surface area (Å²) in [5.41, 5.74) is 0.437. The van der Waals surface area contributed by atoms with E-state index in [-0.39, 0.29) is 13.0 Å². The van der Waals surface area contributed by atoms with Gasteiger partial charge < -0.3 is 25.2 Å². The molecule has 21 heavy (non-hydrogen) atoms. The van der Waals surface area contributed by atoms with Gasteiger partial charge in [0.2, 0.25) is 5.88 Å². The number of amides is 2. The van der Waals surface area contributed by atoms with Crippen LogP contribution in [-0.4, -0.2) is 48.5 Å². The number of carbonyl (C=O) groups excluding carboxylic acids is 1. The standard InChI is InChI=1S/C13H19N3O5/c1-3-21-11-5-4-9(8-14-11)15-13(19)16-10(12(17)18)6-7-20-2/h4-5,8,10H,3,6-7H2,1-2H3,(H,17,18)(H2,15,16,19). The number of nitrogens with one attached hydrogen (secondary N) is 2. The summed E-state index contributed by atoms with van der Waals surface area (Å²) in [5.74, 6) is -0.668. The number of aromatic nitrogens is 1. The van der Waals surface area contributed by atoms with Gasteiger partial charge in [-0.2, -0.15) is 0 Å². The molecule has 0 saturated carbocycles. The van der Waals surface area contributed by atoms with Gasteiger partial charge in [0.1, 0.15) is 6.04 Å². The van der Waals surface area contributed by atoms with Crippen molar-refractivity contribution in [3.63, 3.8) is 0 Å². The average Bonchev–Trinajstić information content (AvgIpc) is 2.45. The minimum Gasteiger partial charge on any atom is -0.480 e. The molecule has 1 aromatic heterocycles. The van der Waals surface area contributed by atoms with Gasteiger partial charge in [0.15, 0.2) is 0 Å². The third-order valence-corrected chi connectivity index (χ3v) is 2.50. The van der Waals surface area contributed by atoms with Crippen LogP contribution in [0.25, 0.3) is 0 Å². The molecular weight excluding hydrogens is 278 g/mol. The molecule has 2 amide bonds. The number of aliphatic carboxylic acids is 1. The number of hydrogen-bond acceptors (Lipinski definition) is 5. The van der Waals surface area contributed by atoms with E-state index in [1.807, 2.05) is 6.92 Å². The van der Waals surface area contributed by atoms with Crippen LogP contribution < -0.4 is 15.4 Å². The molecule has 8 nitrogen and oxygen atoms in total. The van der Waals surface area contributed by atoms with Crippen LogP contribution >= 0.6 is 0 Å². The topological polar surface area (TPSA) is 110 Å². The SMILES string of the molecule is CCOc1ccc(NC(=O)NC(CCOC)C(=O)O)cn1. The number of carbonyl (C=O) groups is 2. The van der Waals surface area contributed by atoms with Crippen LogP contribution in [0.4, 0.5) is 10.5 Å². The Bertz CT molecular complexity index is 463. The van der Waals surface area contributed by atoms with Gasteiger partial charge in [0.25, 0.3) is 0 Å². The number of rotatable bonds is 8. The lowest BCUT2D eigenvalue weighted by Crippen LogP contribution is -2.43. The summed E-state index contributed by atoms with van der Waals surface area (Å²) < 4.78 is 9.97. The molecule has 1 unspecified atom stereocenters. The van der Waals surface area contributed by atoms with E-state index in [0.717, 1.165) is 0 Å². The molecule has 116 valence electrons. The normalized spacial score (nSPS) is 11.5. The van der Waals surface area contributed by atoms with Gasteiger partial charge in [0.05, 0.1) is 18.5 Å². The zero-order valence-electron chi connectivity index (χ0n) is 12.0. The summed E-state index contributed by atoms with van der Waals surface area (Å²) in [6.45, 7) is 2.58. The van der Waals surface area contributed by atoms with Crippen molar-refractivity contribution in [1.82, 2.24) is 10.3 Å². The van der Waals surface area contributed by atoms with Crippen molar-refractivity contribution in [2.75, 3.05) is 25.6 Å². The Morgan fingerprint density at radius 3 is 2.71 bits per heavy atom. The van der Waals surface area contributed by atoms with Gasteiger partial charge in [-0.05, 0) is 13.0 Å². The average molecular weight is 297 g/mol. The number of pyridine rings is 1. The minimum absolute atomic E-state index is 0.181. The molecular formula is C13H19N3O5. The highest BCUT2D eigenvalue weighted by Gasteiger charge is 2.19. The Morgan fingerprint density at radius 1 is 1.43 bits per heavy atom. The van der Waals surface area contributed by atoms with Crippen molar-refractivity contribution in [1.29, 1.82) is 0 Å². The first-order valence-electron chi connectivity index (χ1n) is 6.45. The van der Waals surface area contributed by atoms with E-state index in [0.29, 0.717) is 18.2 Å². The van der Waals surface area contributed by atoms with Crippen molar-refractivity contribution < 1.29 is 24.2 Å². The van der Waals surface area contributed by atoms with Crippen molar-refractivity contribution >= 4 is 17.7 Å². The summed E-state index contributed by atoms with van der Waals surface area (Å²) >= 11 is 0. The van der Waals surface area contributed by atoms with Gasteiger partial charge in [-0.25, -0.2) is 14.6 Å². The Morgan fingerprint density at radius 2 is 2.19 bits per heavy atom. The fraction of sp³-hybridized carbons (Fsp3) is 0.462. The molecule has 0 aliphatic heterocycles. The first-order valence-corrected chi connectivity index (χ1v) is 6.45. The monoisotopic (exact) mass is 297 g/mol. The Labute approximate surface area is 122 Å². The van der Waals surface area contributed by atoms with Crippen molar-refractivity contribution in [3.8, 4) is 5.88 Å². The maximum atomic E-state index is 11.7. The summed E-state index contributed by atoms with van der Waals surface area (Å²) in [6.07, 6.45) is 1.61. The largest absolute Gasteiger partial charge is 0.480 e. The van der Waals surface area contributed by atoms with E-state index < -0.39 is 18.0 Å². The van der Waals surface area contributed by atoms with Crippen LogP contribution in [0.1, 0.15) is 13.3 Å². The van der Waals surface area contributed by atoms with Crippen LogP contribution in [0.5, 0.6) is 5.88 Å². The molecule has 0 spiro atoms. The molecule has 8 heteroatoms. The van der Waals surface area contributed by atoms with Crippen LogP contribution in [0, 0.1) is 0 Å². The maximum Gasteiger partial charge on any atom is 0.326 e. The van der Waals surface area contributed by atoms with E-state index in [4.69, 9.17) is 14.6 Å². The summed E-state index contributed by atoms with van der Waals surface area (Å²) in [7, 11) is 1.46. The van der Waals surface area contributed by atoms with Crippen LogP contribution in [0.2, 0.25) is 0 Å². The predicted octanol–water partition coefficient (Wildman–Crippen LogP) is 1.09. The fourth-order valence-corrected chi connectivity index (χ4v) is 1.51. The minimum atomic E-state index is -1.12. The Hall–Kier alpha value is -2.35. The molecule has 0 aromatic carbocycles. The van der Waals surface area contributed by atoms with Gasteiger partial charge in [0, 0.05) is 26.2 Å². The van der Waals surface area contributed by atoms with E-state index in [2.05, 4.69) is 15.6 Å². The Balaban J connectivity index is 2.52. The summed E-state index contributed by atoms with van der Waals surface area (Å²) in [5, 5.41) is 13.8. The second-order valence-electron chi connectivity index (χ2n) is 4.09. The Kier molecular flexibility index (Phi) is 6.96. The number of carboxylic acid groups (broad SMARTS) is 1. The van der Waals surface area contributed by atoms with Crippen molar-refractivity contribution in [3.05, 3.63) is 18.3 Å². The molecule has 0 aliphatic carbocycles. The third kappa shape index (κ3) is 6.09. The van der Waals surface area contributed by atoms with Gasteiger partial charge >= 0.3 is 12.0 Å². The number of urea groups is 1. The summed E-state index contributed by atoms with van der Waals surface area (Å²) in [6, 6.07) is 1.59. The zero-order chi connectivity index (χ0) is 15.7. The van der Waals surface area contributed by atoms with E-state index >= 15 is 0 Å². The molecule has 3 N–H and O–H groups in total. The predicted molar refractivity (Wildman–Crippen MR) is 75.5 cm³/mol.